The van der Waals surface area contributed by atoms with Gasteiger partial charge >= 0.3 is 7.59 Å². The molecule has 116 valence electrons. The van der Waals surface area contributed by atoms with Crippen LogP contribution in [0, 0.1) is 0 Å². The Morgan fingerprint density at radius 3 is 1.09 bits per heavy atom. The van der Waals surface area contributed by atoms with Crippen molar-refractivity contribution in [3.8, 4) is 0 Å². The van der Waals surface area contributed by atoms with E-state index in [4.69, 9.17) is 0 Å². The molecule has 3 rings (SSSR count). The molecule has 0 atom stereocenters. The molecule has 23 heavy (non-hydrogen) atoms. The monoisotopic (exact) mass is 326 g/mol. The summed E-state index contributed by atoms with van der Waals surface area (Å²) in [5.41, 5.74) is 2.06. The lowest BCUT2D eigenvalue weighted by atomic mass is 10.4. The van der Waals surface area contributed by atoms with Crippen LogP contribution in [0.2, 0.25) is 0 Å². The summed E-state index contributed by atoms with van der Waals surface area (Å²) in [6, 6.07) is 10.5. The van der Waals surface area contributed by atoms with Gasteiger partial charge in [-0.25, -0.2) is 0 Å². The van der Waals surface area contributed by atoms with E-state index in [1.165, 1.54) is 0 Å². The van der Waals surface area contributed by atoms with E-state index in [9.17, 15) is 4.57 Å². The Kier molecular flexibility index (Phi) is 4.49. The zero-order valence-corrected chi connectivity index (χ0v) is 13.0. The highest BCUT2D eigenvalue weighted by Gasteiger charge is 2.22. The zero-order chi connectivity index (χ0) is 16.0. The molecule has 0 fully saturated rings. The maximum atomic E-state index is 13.3. The SMILES string of the molecule is O=P(Nc1ccncc1)(Nc1ccncc1)Nc1ccncc1. The average molecular weight is 326 g/mol. The Morgan fingerprint density at radius 1 is 0.565 bits per heavy atom. The Morgan fingerprint density at radius 2 is 0.826 bits per heavy atom. The fourth-order valence-corrected chi connectivity index (χ4v) is 3.61. The summed E-state index contributed by atoms with van der Waals surface area (Å²) in [5.74, 6) is 0. The lowest BCUT2D eigenvalue weighted by Crippen LogP contribution is -2.14. The molecule has 3 aromatic rings. The second kappa shape index (κ2) is 6.89. The van der Waals surface area contributed by atoms with Crippen molar-refractivity contribution in [2.45, 2.75) is 0 Å². The fraction of sp³-hybridized carbons (Fsp3) is 0. The molecule has 3 heterocycles. The van der Waals surface area contributed by atoms with Crippen molar-refractivity contribution < 1.29 is 4.57 Å². The van der Waals surface area contributed by atoms with E-state index < -0.39 is 7.59 Å². The van der Waals surface area contributed by atoms with Crippen LogP contribution in [0.25, 0.3) is 0 Å². The van der Waals surface area contributed by atoms with Crippen molar-refractivity contribution >= 4 is 24.7 Å². The maximum absolute atomic E-state index is 13.3. The highest BCUT2D eigenvalue weighted by molar-refractivity contribution is 7.68. The lowest BCUT2D eigenvalue weighted by Gasteiger charge is -2.24. The largest absolute Gasteiger partial charge is 0.352 e. The van der Waals surface area contributed by atoms with Crippen molar-refractivity contribution in [2.75, 3.05) is 15.3 Å². The molecule has 7 nitrogen and oxygen atoms in total. The minimum absolute atomic E-state index is 0.687. The summed E-state index contributed by atoms with van der Waals surface area (Å²) < 4.78 is 13.3. The summed E-state index contributed by atoms with van der Waals surface area (Å²) in [4.78, 5) is 11.9. The van der Waals surface area contributed by atoms with Gasteiger partial charge in [-0.2, -0.15) is 0 Å². The fourth-order valence-electron chi connectivity index (χ4n) is 1.91. The minimum atomic E-state index is -3.22. The van der Waals surface area contributed by atoms with Crippen LogP contribution >= 0.6 is 7.59 Å². The van der Waals surface area contributed by atoms with Gasteiger partial charge in [0.25, 0.3) is 0 Å². The number of hydrogen-bond acceptors (Lipinski definition) is 4. The minimum Gasteiger partial charge on any atom is -0.304 e. The van der Waals surface area contributed by atoms with Crippen molar-refractivity contribution in [3.05, 3.63) is 73.6 Å². The van der Waals surface area contributed by atoms with Crippen LogP contribution in [0.4, 0.5) is 17.1 Å². The van der Waals surface area contributed by atoms with Crippen LogP contribution in [0.15, 0.2) is 73.6 Å². The first-order chi connectivity index (χ1) is 11.2. The Hall–Kier alpha value is -2.92. The third kappa shape index (κ3) is 4.28. The lowest BCUT2D eigenvalue weighted by molar-refractivity contribution is 0.585. The summed E-state index contributed by atoms with van der Waals surface area (Å²) in [6.45, 7) is 0. The molecule has 8 heteroatoms. The molecule has 3 N–H and O–H groups in total. The first-order valence-corrected chi connectivity index (χ1v) is 8.59. The highest BCUT2D eigenvalue weighted by atomic mass is 31.2. The third-order valence-electron chi connectivity index (χ3n) is 2.90. The van der Waals surface area contributed by atoms with Crippen molar-refractivity contribution in [2.24, 2.45) is 0 Å². The van der Waals surface area contributed by atoms with Gasteiger partial charge in [-0.1, -0.05) is 0 Å². The number of hydrogen-bond donors (Lipinski definition) is 3. The standard InChI is InChI=1S/C15H15N6OP/c22-23(19-13-1-7-16-8-2-13,20-14-3-9-17-10-4-14)21-15-5-11-18-12-6-15/h1-12H,(H3,16,17,18,19,20,21,22). The smallest absolute Gasteiger partial charge is 0.304 e. The molecule has 0 bridgehead atoms. The molecule has 0 amide bonds. The van der Waals surface area contributed by atoms with Crippen LogP contribution in [0.3, 0.4) is 0 Å². The van der Waals surface area contributed by atoms with Gasteiger partial charge in [0.1, 0.15) is 0 Å². The van der Waals surface area contributed by atoms with Crippen molar-refractivity contribution in [1.82, 2.24) is 15.0 Å². The molecule has 0 aliphatic carbocycles. The van der Waals surface area contributed by atoms with Gasteiger partial charge in [0.15, 0.2) is 0 Å². The molecule has 0 saturated carbocycles. The topological polar surface area (TPSA) is 91.8 Å². The van der Waals surface area contributed by atoms with E-state index >= 15 is 0 Å². The number of aromatic nitrogens is 3. The molecule has 0 aliphatic rings. The molecule has 0 aromatic carbocycles. The van der Waals surface area contributed by atoms with Gasteiger partial charge in [-0.15, -0.1) is 0 Å². The Bertz CT molecular complexity index is 677. The second-order valence-corrected chi connectivity index (χ2v) is 6.54. The summed E-state index contributed by atoms with van der Waals surface area (Å²) in [6.07, 6.45) is 9.78. The Labute approximate surface area is 133 Å². The Balaban J connectivity index is 1.87. The van der Waals surface area contributed by atoms with Crippen molar-refractivity contribution in [3.63, 3.8) is 0 Å². The molecule has 0 saturated heterocycles. The van der Waals surface area contributed by atoms with E-state index in [1.54, 1.807) is 73.6 Å². The summed E-state index contributed by atoms with van der Waals surface area (Å²) >= 11 is 0. The van der Waals surface area contributed by atoms with Gasteiger partial charge in [0, 0.05) is 54.2 Å². The second-order valence-electron chi connectivity index (χ2n) is 4.65. The average Bonchev–Trinajstić information content (AvgIpc) is 2.57. The molecule has 0 radical (unpaired) electrons. The van der Waals surface area contributed by atoms with Crippen LogP contribution in [0.1, 0.15) is 0 Å². The van der Waals surface area contributed by atoms with Gasteiger partial charge in [-0.3, -0.25) is 19.5 Å². The predicted octanol–water partition coefficient (Wildman–Crippen LogP) is 3.62. The molecule has 0 spiro atoms. The van der Waals surface area contributed by atoms with Gasteiger partial charge in [-0.05, 0) is 36.4 Å². The van der Waals surface area contributed by atoms with Gasteiger partial charge in [0.05, 0.1) is 0 Å². The highest BCUT2D eigenvalue weighted by Crippen LogP contribution is 2.45. The summed E-state index contributed by atoms with van der Waals surface area (Å²) in [7, 11) is -3.22. The number of anilines is 3. The first-order valence-electron chi connectivity index (χ1n) is 6.88. The van der Waals surface area contributed by atoms with Crippen LogP contribution < -0.4 is 15.3 Å². The first kappa shape index (κ1) is 15.0. The molecule has 3 aromatic heterocycles. The predicted molar refractivity (Wildman–Crippen MR) is 91.2 cm³/mol. The molecular weight excluding hydrogens is 311 g/mol. The van der Waals surface area contributed by atoms with Crippen LogP contribution in [-0.4, -0.2) is 15.0 Å². The van der Waals surface area contributed by atoms with Crippen molar-refractivity contribution in [1.29, 1.82) is 0 Å². The van der Waals surface area contributed by atoms with E-state index in [0.29, 0.717) is 17.1 Å². The molecule has 0 unspecified atom stereocenters. The van der Waals surface area contributed by atoms with E-state index in [2.05, 4.69) is 30.2 Å². The van der Waals surface area contributed by atoms with E-state index in [-0.39, 0.29) is 0 Å². The zero-order valence-electron chi connectivity index (χ0n) is 12.1. The van der Waals surface area contributed by atoms with E-state index in [0.717, 1.165) is 0 Å². The van der Waals surface area contributed by atoms with Gasteiger partial charge < -0.3 is 15.3 Å². The molecular formula is C15H15N6OP. The number of nitrogens with one attached hydrogen (secondary N) is 3. The van der Waals surface area contributed by atoms with E-state index in [1.807, 2.05) is 0 Å². The third-order valence-corrected chi connectivity index (χ3v) is 4.62. The molecule has 0 aliphatic heterocycles. The summed E-state index contributed by atoms with van der Waals surface area (Å²) in [5, 5.41) is 9.01. The van der Waals surface area contributed by atoms with Crippen LogP contribution in [0.5, 0.6) is 0 Å². The number of pyridine rings is 3. The van der Waals surface area contributed by atoms with Crippen LogP contribution in [-0.2, 0) is 4.57 Å². The number of rotatable bonds is 6. The normalized spacial score (nSPS) is 10.8. The maximum Gasteiger partial charge on any atom is 0.352 e. The van der Waals surface area contributed by atoms with Gasteiger partial charge in [0.2, 0.25) is 0 Å². The number of nitrogens with zero attached hydrogens (tertiary/aromatic N) is 3. The quantitative estimate of drug-likeness (QED) is 0.596.